The third-order valence-electron chi connectivity index (χ3n) is 5.05. The highest BCUT2D eigenvalue weighted by Crippen LogP contribution is 2.25. The minimum Gasteiger partial charge on any atom is -0.492 e. The van der Waals surface area contributed by atoms with Crippen LogP contribution in [0, 0.1) is 24.0 Å². The number of likely N-dealkylation sites (N-methyl/N-ethyl adjacent to an activating group) is 1. The first-order valence-electron chi connectivity index (χ1n) is 10.5. The highest BCUT2D eigenvalue weighted by atomic mass is 35.5. The summed E-state index contributed by atoms with van der Waals surface area (Å²) in [4.78, 5) is 37.6. The SMILES string of the molecule is Cc1cc(C)cc(OCCN(C)C(=O)c2ccccc2NC(=O)c2ccc([N+](=O)[O-])cc2Cl)c1. The fourth-order valence-corrected chi connectivity index (χ4v) is 3.65. The lowest BCUT2D eigenvalue weighted by molar-refractivity contribution is -0.384. The van der Waals surface area contributed by atoms with Gasteiger partial charge in [0.1, 0.15) is 12.4 Å². The molecule has 0 fully saturated rings. The largest absolute Gasteiger partial charge is 0.492 e. The van der Waals surface area contributed by atoms with Crippen molar-refractivity contribution in [2.24, 2.45) is 0 Å². The molecular weight excluding hydrogens is 458 g/mol. The van der Waals surface area contributed by atoms with Gasteiger partial charge >= 0.3 is 0 Å². The Morgan fingerprint density at radius 2 is 1.71 bits per heavy atom. The van der Waals surface area contributed by atoms with Crippen LogP contribution in [0.25, 0.3) is 0 Å². The lowest BCUT2D eigenvalue weighted by Gasteiger charge is -2.20. The molecule has 0 aliphatic carbocycles. The van der Waals surface area contributed by atoms with E-state index in [1.54, 1.807) is 31.3 Å². The van der Waals surface area contributed by atoms with Crippen molar-refractivity contribution in [2.45, 2.75) is 13.8 Å². The fourth-order valence-electron chi connectivity index (χ4n) is 3.39. The van der Waals surface area contributed by atoms with Gasteiger partial charge in [-0.15, -0.1) is 0 Å². The third-order valence-corrected chi connectivity index (χ3v) is 5.36. The van der Waals surface area contributed by atoms with Crippen LogP contribution in [0.4, 0.5) is 11.4 Å². The van der Waals surface area contributed by atoms with Crippen molar-refractivity contribution >= 4 is 34.8 Å². The molecule has 8 nitrogen and oxygen atoms in total. The van der Waals surface area contributed by atoms with Gasteiger partial charge in [-0.05, 0) is 55.3 Å². The molecule has 0 aliphatic heterocycles. The van der Waals surface area contributed by atoms with Crippen molar-refractivity contribution in [3.8, 4) is 5.75 Å². The molecule has 0 spiro atoms. The lowest BCUT2D eigenvalue weighted by atomic mass is 10.1. The number of nitro benzene ring substituents is 1. The second-order valence-electron chi connectivity index (χ2n) is 7.82. The number of rotatable bonds is 8. The molecule has 9 heteroatoms. The van der Waals surface area contributed by atoms with E-state index in [1.807, 2.05) is 26.0 Å². The van der Waals surface area contributed by atoms with Crippen LogP contribution >= 0.6 is 11.6 Å². The second-order valence-corrected chi connectivity index (χ2v) is 8.23. The normalized spacial score (nSPS) is 10.5. The van der Waals surface area contributed by atoms with Crippen LogP contribution in [-0.4, -0.2) is 41.8 Å². The van der Waals surface area contributed by atoms with E-state index in [-0.39, 0.29) is 22.2 Å². The van der Waals surface area contributed by atoms with Crippen molar-refractivity contribution in [1.82, 2.24) is 4.90 Å². The number of carbonyl (C=O) groups is 2. The van der Waals surface area contributed by atoms with E-state index in [0.29, 0.717) is 24.4 Å². The zero-order valence-electron chi connectivity index (χ0n) is 19.0. The Kier molecular flexibility index (Phi) is 7.86. The number of non-ortho nitro benzene ring substituents is 1. The van der Waals surface area contributed by atoms with Crippen LogP contribution in [0.5, 0.6) is 5.75 Å². The molecule has 0 saturated carbocycles. The summed E-state index contributed by atoms with van der Waals surface area (Å²) in [6.45, 7) is 4.62. The maximum atomic E-state index is 13.0. The highest BCUT2D eigenvalue weighted by Gasteiger charge is 2.20. The summed E-state index contributed by atoms with van der Waals surface area (Å²) < 4.78 is 5.79. The van der Waals surface area contributed by atoms with Gasteiger partial charge in [-0.1, -0.05) is 29.8 Å². The number of hydrogen-bond donors (Lipinski definition) is 1. The van der Waals surface area contributed by atoms with Gasteiger partial charge in [0, 0.05) is 19.2 Å². The molecule has 0 radical (unpaired) electrons. The van der Waals surface area contributed by atoms with Crippen LogP contribution in [0.15, 0.2) is 60.7 Å². The summed E-state index contributed by atoms with van der Waals surface area (Å²) in [6, 6.07) is 16.1. The number of carbonyl (C=O) groups excluding carboxylic acids is 2. The summed E-state index contributed by atoms with van der Waals surface area (Å²) >= 11 is 6.06. The number of aryl methyl sites for hydroxylation is 2. The zero-order chi connectivity index (χ0) is 24.8. The first-order chi connectivity index (χ1) is 16.2. The Hall–Kier alpha value is -3.91. The molecule has 3 rings (SSSR count). The van der Waals surface area contributed by atoms with E-state index < -0.39 is 10.8 Å². The number of ether oxygens (including phenoxy) is 1. The van der Waals surface area contributed by atoms with Crippen molar-refractivity contribution in [2.75, 3.05) is 25.5 Å². The first-order valence-corrected chi connectivity index (χ1v) is 10.8. The van der Waals surface area contributed by atoms with Gasteiger partial charge in [0.15, 0.2) is 0 Å². The van der Waals surface area contributed by atoms with Crippen LogP contribution < -0.4 is 10.1 Å². The first kappa shape index (κ1) is 24.7. The molecular formula is C25H24ClN3O5. The Bertz CT molecular complexity index is 1220. The van der Waals surface area contributed by atoms with Crippen LogP contribution in [0.1, 0.15) is 31.8 Å². The van der Waals surface area contributed by atoms with Gasteiger partial charge in [-0.3, -0.25) is 19.7 Å². The van der Waals surface area contributed by atoms with E-state index in [2.05, 4.69) is 11.4 Å². The number of benzene rings is 3. The van der Waals surface area contributed by atoms with Crippen LogP contribution in [-0.2, 0) is 0 Å². The number of hydrogen-bond acceptors (Lipinski definition) is 5. The summed E-state index contributed by atoms with van der Waals surface area (Å²) in [5.41, 5.74) is 2.62. The average Bonchev–Trinajstić information content (AvgIpc) is 2.78. The molecule has 0 unspecified atom stereocenters. The predicted octanol–water partition coefficient (Wildman–Crippen LogP) is 5.27. The predicted molar refractivity (Wildman–Crippen MR) is 131 cm³/mol. The minimum absolute atomic E-state index is 0.0591. The van der Waals surface area contributed by atoms with Crippen molar-refractivity contribution in [1.29, 1.82) is 0 Å². The zero-order valence-corrected chi connectivity index (χ0v) is 19.8. The van der Waals surface area contributed by atoms with Crippen molar-refractivity contribution in [3.05, 3.63) is 98.1 Å². The summed E-state index contributed by atoms with van der Waals surface area (Å²) in [6.07, 6.45) is 0. The van der Waals surface area contributed by atoms with Gasteiger partial charge in [0.2, 0.25) is 0 Å². The Morgan fingerprint density at radius 1 is 1.03 bits per heavy atom. The summed E-state index contributed by atoms with van der Waals surface area (Å²) in [7, 11) is 1.65. The van der Waals surface area contributed by atoms with E-state index in [0.717, 1.165) is 22.9 Å². The Balaban J connectivity index is 1.68. The van der Waals surface area contributed by atoms with E-state index in [1.165, 1.54) is 17.0 Å². The van der Waals surface area contributed by atoms with Crippen LogP contribution in [0.2, 0.25) is 5.02 Å². The summed E-state index contributed by atoms with van der Waals surface area (Å²) in [5, 5.41) is 13.5. The number of nitrogens with zero attached hydrogens (tertiary/aromatic N) is 2. The molecule has 176 valence electrons. The van der Waals surface area contributed by atoms with E-state index in [4.69, 9.17) is 16.3 Å². The van der Waals surface area contributed by atoms with Crippen molar-refractivity contribution in [3.63, 3.8) is 0 Å². The molecule has 3 aromatic carbocycles. The molecule has 0 saturated heterocycles. The molecule has 0 aliphatic rings. The minimum atomic E-state index is -0.596. The Labute approximate surface area is 202 Å². The molecule has 34 heavy (non-hydrogen) atoms. The molecule has 1 N–H and O–H groups in total. The second kappa shape index (κ2) is 10.8. The van der Waals surface area contributed by atoms with Gasteiger partial charge in [-0.2, -0.15) is 0 Å². The van der Waals surface area contributed by atoms with Gasteiger partial charge in [-0.25, -0.2) is 0 Å². The monoisotopic (exact) mass is 481 g/mol. The average molecular weight is 482 g/mol. The van der Waals surface area contributed by atoms with Gasteiger partial charge < -0.3 is 15.0 Å². The molecule has 0 heterocycles. The number of para-hydroxylation sites is 1. The lowest BCUT2D eigenvalue weighted by Crippen LogP contribution is -2.31. The molecule has 2 amide bonds. The van der Waals surface area contributed by atoms with Crippen LogP contribution in [0.3, 0.4) is 0 Å². The fraction of sp³-hybridized carbons (Fsp3) is 0.200. The summed E-state index contributed by atoms with van der Waals surface area (Å²) in [5.74, 6) is -0.137. The quantitative estimate of drug-likeness (QED) is 0.349. The number of nitrogens with one attached hydrogen (secondary N) is 1. The molecule has 0 bridgehead atoms. The van der Waals surface area contributed by atoms with Crippen molar-refractivity contribution < 1.29 is 19.2 Å². The number of halogens is 1. The maximum absolute atomic E-state index is 13.0. The van der Waals surface area contributed by atoms with Gasteiger partial charge in [0.05, 0.1) is 33.3 Å². The number of amides is 2. The smallest absolute Gasteiger partial charge is 0.270 e. The highest BCUT2D eigenvalue weighted by molar-refractivity contribution is 6.34. The molecule has 3 aromatic rings. The molecule has 0 atom stereocenters. The number of anilines is 1. The Morgan fingerprint density at radius 3 is 2.35 bits per heavy atom. The molecule has 0 aromatic heterocycles. The van der Waals surface area contributed by atoms with E-state index >= 15 is 0 Å². The third kappa shape index (κ3) is 6.11. The van der Waals surface area contributed by atoms with E-state index in [9.17, 15) is 19.7 Å². The standard InChI is InChI=1S/C25H24ClN3O5/c1-16-12-17(2)14-19(13-16)34-11-10-28(3)25(31)21-6-4-5-7-23(21)27-24(30)20-9-8-18(29(32)33)15-22(20)26/h4-9,12-15H,10-11H2,1-3H3,(H,27,30). The van der Waals surface area contributed by atoms with Gasteiger partial charge in [0.25, 0.3) is 17.5 Å². The number of nitro groups is 1. The maximum Gasteiger partial charge on any atom is 0.270 e. The topological polar surface area (TPSA) is 102 Å².